The van der Waals surface area contributed by atoms with Crippen LogP contribution in [0.5, 0.6) is 11.5 Å². The summed E-state index contributed by atoms with van der Waals surface area (Å²) in [5, 5.41) is 12.5. The Labute approximate surface area is 221 Å². The molecule has 4 aromatic carbocycles. The zero-order valence-electron chi connectivity index (χ0n) is 21.9. The van der Waals surface area contributed by atoms with Crippen molar-refractivity contribution in [2.24, 2.45) is 5.92 Å². The smallest absolute Gasteiger partial charge is 0.127 e. The van der Waals surface area contributed by atoms with Crippen LogP contribution in [-0.4, -0.2) is 29.7 Å². The van der Waals surface area contributed by atoms with E-state index in [4.69, 9.17) is 4.74 Å². The number of hydrogen-bond acceptors (Lipinski definition) is 3. The molecule has 3 atom stereocenters. The van der Waals surface area contributed by atoms with Gasteiger partial charge in [-0.25, -0.2) is 0 Å². The highest BCUT2D eigenvalue weighted by Gasteiger charge is 2.54. The molecule has 3 heteroatoms. The second-order valence-electron chi connectivity index (χ2n) is 10.5. The number of nitrogens with zero attached hydrogens (tertiary/aromatic N) is 1. The molecule has 1 aliphatic carbocycles. The summed E-state index contributed by atoms with van der Waals surface area (Å²) in [6.45, 7) is 0. The first-order valence-corrected chi connectivity index (χ1v) is 13.3. The second kappa shape index (κ2) is 10.9. The van der Waals surface area contributed by atoms with Gasteiger partial charge in [-0.15, -0.1) is 0 Å². The van der Waals surface area contributed by atoms with Crippen LogP contribution in [0.4, 0.5) is 0 Å². The third-order valence-corrected chi connectivity index (χ3v) is 8.03. The Kier molecular flexibility index (Phi) is 7.45. The summed E-state index contributed by atoms with van der Waals surface area (Å²) in [7, 11) is 4.30. The van der Waals surface area contributed by atoms with E-state index in [0.717, 1.165) is 42.7 Å². The summed E-state index contributed by atoms with van der Waals surface area (Å²) in [6.07, 6.45) is 4.51. The fraction of sp³-hybridized carbons (Fsp3) is 0.294. The van der Waals surface area contributed by atoms with Crippen molar-refractivity contribution in [1.82, 2.24) is 4.90 Å². The van der Waals surface area contributed by atoms with Crippen LogP contribution < -0.4 is 4.74 Å². The summed E-state index contributed by atoms with van der Waals surface area (Å²) in [4.78, 5) is 2.32. The number of aliphatic hydroxyl groups is 1. The monoisotopic (exact) mass is 491 g/mol. The maximum Gasteiger partial charge on any atom is 0.127 e. The van der Waals surface area contributed by atoms with E-state index >= 15 is 0 Å². The Morgan fingerprint density at radius 3 is 2.03 bits per heavy atom. The Balaban J connectivity index is 1.66. The highest BCUT2D eigenvalue weighted by atomic mass is 16.5. The predicted octanol–water partition coefficient (Wildman–Crippen LogP) is 7.45. The van der Waals surface area contributed by atoms with Crippen molar-refractivity contribution in [3.05, 3.63) is 132 Å². The Morgan fingerprint density at radius 2 is 1.35 bits per heavy atom. The van der Waals surface area contributed by atoms with Crippen molar-refractivity contribution in [2.45, 2.75) is 43.2 Å². The van der Waals surface area contributed by atoms with Gasteiger partial charge in [-0.1, -0.05) is 104 Å². The van der Waals surface area contributed by atoms with Gasteiger partial charge in [-0.3, -0.25) is 4.90 Å². The van der Waals surface area contributed by atoms with Gasteiger partial charge in [0.1, 0.15) is 11.5 Å². The number of para-hydroxylation sites is 1. The Morgan fingerprint density at radius 1 is 0.757 bits per heavy atom. The largest absolute Gasteiger partial charge is 0.457 e. The first kappa shape index (κ1) is 25.3. The van der Waals surface area contributed by atoms with Crippen molar-refractivity contribution in [1.29, 1.82) is 0 Å². The number of benzene rings is 4. The standard InChI is InChI=1S/C34H37NO2/c1-35(2)34(28-17-8-4-9-18-28,29-19-14-22-31(25-29)37-30-20-10-5-11-21-30)32-23-12-13-24-33(32,36)26-27-15-6-3-7-16-27/h3-11,14-22,25,32,36H,12-13,23-24,26H2,1-2H3. The summed E-state index contributed by atoms with van der Waals surface area (Å²) < 4.78 is 6.28. The van der Waals surface area contributed by atoms with E-state index in [0.29, 0.717) is 6.42 Å². The van der Waals surface area contributed by atoms with Crippen LogP contribution in [-0.2, 0) is 12.0 Å². The molecule has 1 saturated carbocycles. The minimum absolute atomic E-state index is 0.0154. The molecular formula is C34H37NO2. The summed E-state index contributed by atoms with van der Waals surface area (Å²) >= 11 is 0. The molecule has 0 aliphatic heterocycles. The zero-order valence-corrected chi connectivity index (χ0v) is 21.9. The van der Waals surface area contributed by atoms with E-state index < -0.39 is 11.1 Å². The maximum atomic E-state index is 12.5. The fourth-order valence-electron chi connectivity index (χ4n) is 6.49. The highest BCUT2D eigenvalue weighted by molar-refractivity contribution is 5.45. The van der Waals surface area contributed by atoms with E-state index in [1.165, 1.54) is 11.1 Å². The van der Waals surface area contributed by atoms with E-state index in [1.807, 2.05) is 42.5 Å². The topological polar surface area (TPSA) is 32.7 Å². The molecule has 1 N–H and O–H groups in total. The first-order chi connectivity index (χ1) is 18.0. The molecule has 0 bridgehead atoms. The van der Waals surface area contributed by atoms with E-state index in [9.17, 15) is 5.11 Å². The highest BCUT2D eigenvalue weighted by Crippen LogP contribution is 2.52. The zero-order chi connectivity index (χ0) is 25.7. The Bertz CT molecular complexity index is 1270. The lowest BCUT2D eigenvalue weighted by molar-refractivity contribution is -0.101. The van der Waals surface area contributed by atoms with Crippen LogP contribution in [0, 0.1) is 5.92 Å². The lowest BCUT2D eigenvalue weighted by atomic mass is 9.59. The molecular weight excluding hydrogens is 454 g/mol. The normalized spacial score (nSPS) is 21.4. The van der Waals surface area contributed by atoms with Crippen molar-refractivity contribution < 1.29 is 9.84 Å². The third kappa shape index (κ3) is 5.07. The quantitative estimate of drug-likeness (QED) is 0.278. The SMILES string of the molecule is CN(C)C(c1ccccc1)(c1cccc(Oc2ccccc2)c1)C1CCCCC1(O)Cc1ccccc1. The van der Waals surface area contributed by atoms with Crippen LogP contribution >= 0.6 is 0 Å². The molecule has 0 amide bonds. The third-order valence-electron chi connectivity index (χ3n) is 8.03. The van der Waals surface area contributed by atoms with Crippen LogP contribution in [0.25, 0.3) is 0 Å². The number of ether oxygens (including phenoxy) is 1. The van der Waals surface area contributed by atoms with E-state index in [2.05, 4.69) is 91.8 Å². The molecule has 5 rings (SSSR count). The molecule has 0 radical (unpaired) electrons. The van der Waals surface area contributed by atoms with Crippen molar-refractivity contribution >= 4 is 0 Å². The van der Waals surface area contributed by atoms with Crippen LogP contribution in [0.15, 0.2) is 115 Å². The maximum absolute atomic E-state index is 12.5. The molecule has 0 aromatic heterocycles. The van der Waals surface area contributed by atoms with Gasteiger partial charge >= 0.3 is 0 Å². The lowest BCUT2D eigenvalue weighted by Crippen LogP contribution is -2.59. The van der Waals surface area contributed by atoms with Gasteiger partial charge in [-0.05, 0) is 67.9 Å². The molecule has 37 heavy (non-hydrogen) atoms. The van der Waals surface area contributed by atoms with Gasteiger partial charge in [-0.2, -0.15) is 0 Å². The molecule has 0 heterocycles. The minimum atomic E-state index is -0.851. The molecule has 4 aromatic rings. The Hall–Kier alpha value is -3.40. The van der Waals surface area contributed by atoms with E-state index in [-0.39, 0.29) is 5.92 Å². The van der Waals surface area contributed by atoms with Gasteiger partial charge in [0.2, 0.25) is 0 Å². The lowest BCUT2D eigenvalue weighted by Gasteiger charge is -2.55. The molecule has 0 saturated heterocycles. The minimum Gasteiger partial charge on any atom is -0.457 e. The van der Waals surface area contributed by atoms with Gasteiger partial charge < -0.3 is 9.84 Å². The molecule has 1 aliphatic rings. The molecule has 0 spiro atoms. The van der Waals surface area contributed by atoms with Crippen LogP contribution in [0.1, 0.15) is 42.4 Å². The molecule has 3 unspecified atom stereocenters. The summed E-state index contributed by atoms with van der Waals surface area (Å²) in [5.74, 6) is 1.60. The second-order valence-corrected chi connectivity index (χ2v) is 10.5. The predicted molar refractivity (Wildman–Crippen MR) is 151 cm³/mol. The van der Waals surface area contributed by atoms with Crippen molar-refractivity contribution in [3.63, 3.8) is 0 Å². The van der Waals surface area contributed by atoms with E-state index in [1.54, 1.807) is 0 Å². The molecule has 3 nitrogen and oxygen atoms in total. The molecule has 190 valence electrons. The summed E-state index contributed by atoms with van der Waals surface area (Å²) in [6, 6.07) is 39.5. The van der Waals surface area contributed by atoms with Crippen molar-refractivity contribution in [3.8, 4) is 11.5 Å². The van der Waals surface area contributed by atoms with Gasteiger partial charge in [0.25, 0.3) is 0 Å². The van der Waals surface area contributed by atoms with Crippen molar-refractivity contribution in [2.75, 3.05) is 14.1 Å². The summed E-state index contributed by atoms with van der Waals surface area (Å²) in [5.41, 5.74) is 2.11. The average molecular weight is 492 g/mol. The van der Waals surface area contributed by atoms with Gasteiger partial charge in [0.05, 0.1) is 11.1 Å². The number of hydrogen-bond donors (Lipinski definition) is 1. The molecule has 1 fully saturated rings. The fourth-order valence-corrected chi connectivity index (χ4v) is 6.49. The first-order valence-electron chi connectivity index (χ1n) is 13.3. The van der Waals surface area contributed by atoms with Gasteiger partial charge in [0, 0.05) is 12.3 Å². The van der Waals surface area contributed by atoms with Gasteiger partial charge in [0.15, 0.2) is 0 Å². The average Bonchev–Trinajstić information content (AvgIpc) is 2.92. The van der Waals surface area contributed by atoms with Crippen LogP contribution in [0.2, 0.25) is 0 Å². The van der Waals surface area contributed by atoms with Crippen LogP contribution in [0.3, 0.4) is 0 Å². The number of rotatable bonds is 8.